The number of aromatic nitrogens is 1. The van der Waals surface area contributed by atoms with Gasteiger partial charge < -0.3 is 10.1 Å². The van der Waals surface area contributed by atoms with E-state index < -0.39 is 0 Å². The smallest absolute Gasteiger partial charge is 0.230 e. The number of amides is 1. The van der Waals surface area contributed by atoms with Crippen molar-refractivity contribution in [1.29, 1.82) is 0 Å². The number of carbonyl (C=O) groups excluding carboxylic acids is 1. The maximum absolute atomic E-state index is 13.3. The van der Waals surface area contributed by atoms with Crippen molar-refractivity contribution in [3.05, 3.63) is 65.4 Å². The Morgan fingerprint density at radius 1 is 1.24 bits per heavy atom. The summed E-state index contributed by atoms with van der Waals surface area (Å²) in [7, 11) is 0. The van der Waals surface area contributed by atoms with Gasteiger partial charge in [-0.15, -0.1) is 11.3 Å². The minimum atomic E-state index is -0.303. The summed E-state index contributed by atoms with van der Waals surface area (Å²) in [5, 5.41) is 5.34. The Labute approximate surface area is 149 Å². The van der Waals surface area contributed by atoms with E-state index in [9.17, 15) is 9.18 Å². The van der Waals surface area contributed by atoms with Gasteiger partial charge in [0.1, 0.15) is 16.6 Å². The molecule has 3 aromatic rings. The molecule has 0 radical (unpaired) electrons. The minimum Gasteiger partial charge on any atom is -0.494 e. The van der Waals surface area contributed by atoms with Crippen molar-refractivity contribution in [3.63, 3.8) is 0 Å². The molecule has 2 aromatic carbocycles. The van der Waals surface area contributed by atoms with Crippen LogP contribution >= 0.6 is 11.3 Å². The number of nitrogens with one attached hydrogen (secondary N) is 1. The second-order valence-electron chi connectivity index (χ2n) is 5.34. The van der Waals surface area contributed by atoms with Crippen molar-refractivity contribution in [3.8, 4) is 16.3 Å². The normalized spacial score (nSPS) is 10.5. The van der Waals surface area contributed by atoms with Gasteiger partial charge in [-0.1, -0.05) is 12.1 Å². The van der Waals surface area contributed by atoms with Gasteiger partial charge in [-0.3, -0.25) is 4.79 Å². The Kier molecular flexibility index (Phi) is 5.40. The zero-order chi connectivity index (χ0) is 17.6. The van der Waals surface area contributed by atoms with Crippen LogP contribution in [0.5, 0.6) is 5.75 Å². The monoisotopic (exact) mass is 356 g/mol. The maximum Gasteiger partial charge on any atom is 0.230 e. The zero-order valence-corrected chi connectivity index (χ0v) is 14.5. The molecule has 1 amide bonds. The van der Waals surface area contributed by atoms with Gasteiger partial charge in [0.15, 0.2) is 0 Å². The number of ether oxygens (including phenoxy) is 1. The first-order valence-corrected chi connectivity index (χ1v) is 8.75. The van der Waals surface area contributed by atoms with Gasteiger partial charge in [0.05, 0.1) is 18.7 Å². The number of rotatable bonds is 6. The number of nitrogens with zero attached hydrogens (tertiary/aromatic N) is 1. The molecule has 0 bridgehead atoms. The summed E-state index contributed by atoms with van der Waals surface area (Å²) in [6, 6.07) is 13.5. The van der Waals surface area contributed by atoms with Gasteiger partial charge in [-0.2, -0.15) is 0 Å². The fourth-order valence-corrected chi connectivity index (χ4v) is 3.13. The standard InChI is InChI=1S/C19H17FN2O2S/c1-2-24-17-8-6-15(7-9-17)21-18(23)11-16-12-25-19(22-16)13-4-3-5-14(20)10-13/h3-10,12H,2,11H2,1H3,(H,21,23). The van der Waals surface area contributed by atoms with E-state index in [0.717, 1.165) is 5.75 Å². The average molecular weight is 356 g/mol. The molecule has 4 nitrogen and oxygen atoms in total. The van der Waals surface area contributed by atoms with Gasteiger partial charge in [-0.25, -0.2) is 9.37 Å². The Morgan fingerprint density at radius 3 is 2.76 bits per heavy atom. The summed E-state index contributed by atoms with van der Waals surface area (Å²) >= 11 is 1.39. The van der Waals surface area contributed by atoms with Gasteiger partial charge >= 0.3 is 0 Å². The second-order valence-corrected chi connectivity index (χ2v) is 6.19. The molecule has 0 saturated carbocycles. The molecule has 0 fully saturated rings. The summed E-state index contributed by atoms with van der Waals surface area (Å²) < 4.78 is 18.7. The van der Waals surface area contributed by atoms with Crippen LogP contribution in [0.25, 0.3) is 10.6 Å². The number of halogens is 1. The molecule has 6 heteroatoms. The van der Waals surface area contributed by atoms with E-state index >= 15 is 0 Å². The van der Waals surface area contributed by atoms with Gasteiger partial charge in [0.2, 0.25) is 5.91 Å². The lowest BCUT2D eigenvalue weighted by Crippen LogP contribution is -2.14. The predicted molar refractivity (Wildman–Crippen MR) is 97.5 cm³/mol. The molecule has 0 saturated heterocycles. The highest BCUT2D eigenvalue weighted by molar-refractivity contribution is 7.13. The third kappa shape index (κ3) is 4.64. The Morgan fingerprint density at radius 2 is 2.04 bits per heavy atom. The third-order valence-corrected chi connectivity index (χ3v) is 4.35. The van der Waals surface area contributed by atoms with E-state index in [4.69, 9.17) is 4.74 Å². The number of carbonyl (C=O) groups is 1. The number of hydrogen-bond donors (Lipinski definition) is 1. The van der Waals surface area contributed by atoms with E-state index in [2.05, 4.69) is 10.3 Å². The molecule has 0 spiro atoms. The highest BCUT2D eigenvalue weighted by Crippen LogP contribution is 2.24. The number of hydrogen-bond acceptors (Lipinski definition) is 4. The van der Waals surface area contributed by atoms with Crippen LogP contribution in [0.2, 0.25) is 0 Å². The molecule has 1 aromatic heterocycles. The molecule has 0 atom stereocenters. The molecular weight excluding hydrogens is 339 g/mol. The average Bonchev–Trinajstić information content (AvgIpc) is 3.05. The molecule has 1 heterocycles. The van der Waals surface area contributed by atoms with E-state index in [1.54, 1.807) is 24.3 Å². The fraction of sp³-hybridized carbons (Fsp3) is 0.158. The Balaban J connectivity index is 1.61. The van der Waals surface area contributed by atoms with Crippen molar-refractivity contribution < 1.29 is 13.9 Å². The van der Waals surface area contributed by atoms with Crippen LogP contribution in [0.4, 0.5) is 10.1 Å². The number of benzene rings is 2. The molecule has 128 valence electrons. The zero-order valence-electron chi connectivity index (χ0n) is 13.7. The maximum atomic E-state index is 13.3. The quantitative estimate of drug-likeness (QED) is 0.706. The van der Waals surface area contributed by atoms with Gasteiger partial charge in [0, 0.05) is 16.6 Å². The summed E-state index contributed by atoms with van der Waals surface area (Å²) in [5.41, 5.74) is 2.07. The summed E-state index contributed by atoms with van der Waals surface area (Å²) in [6.07, 6.45) is 0.166. The molecule has 0 aliphatic carbocycles. The van der Waals surface area contributed by atoms with Crippen LogP contribution in [0.3, 0.4) is 0 Å². The fourth-order valence-electron chi connectivity index (χ4n) is 2.31. The molecule has 3 rings (SSSR count). The molecule has 0 aliphatic rings. The minimum absolute atomic E-state index is 0.153. The first-order chi connectivity index (χ1) is 12.1. The first kappa shape index (κ1) is 17.1. The molecule has 0 aliphatic heterocycles. The highest BCUT2D eigenvalue weighted by atomic mass is 32.1. The second kappa shape index (κ2) is 7.90. The number of anilines is 1. The van der Waals surface area contributed by atoms with Crippen molar-refractivity contribution >= 4 is 22.9 Å². The van der Waals surface area contributed by atoms with Crippen molar-refractivity contribution in [2.24, 2.45) is 0 Å². The van der Waals surface area contributed by atoms with Gasteiger partial charge in [-0.05, 0) is 43.3 Å². The topological polar surface area (TPSA) is 51.2 Å². The van der Waals surface area contributed by atoms with Crippen molar-refractivity contribution in [2.75, 3.05) is 11.9 Å². The summed E-state index contributed by atoms with van der Waals surface area (Å²) in [6.45, 7) is 2.52. The van der Waals surface area contributed by atoms with E-state index in [1.165, 1.54) is 23.5 Å². The van der Waals surface area contributed by atoms with Crippen LogP contribution in [-0.4, -0.2) is 17.5 Å². The molecular formula is C19H17FN2O2S. The molecule has 25 heavy (non-hydrogen) atoms. The van der Waals surface area contributed by atoms with Crippen LogP contribution in [0.15, 0.2) is 53.9 Å². The Bertz CT molecular complexity index is 862. The van der Waals surface area contributed by atoms with Crippen LogP contribution in [0, 0.1) is 5.82 Å². The largest absolute Gasteiger partial charge is 0.494 e. The molecule has 1 N–H and O–H groups in total. The van der Waals surface area contributed by atoms with Gasteiger partial charge in [0.25, 0.3) is 0 Å². The first-order valence-electron chi connectivity index (χ1n) is 7.87. The Hall–Kier alpha value is -2.73. The lowest BCUT2D eigenvalue weighted by atomic mass is 10.2. The lowest BCUT2D eigenvalue weighted by Gasteiger charge is -2.06. The van der Waals surface area contributed by atoms with Crippen LogP contribution in [-0.2, 0) is 11.2 Å². The predicted octanol–water partition coefficient (Wildman–Crippen LogP) is 4.53. The van der Waals surface area contributed by atoms with Crippen LogP contribution in [0.1, 0.15) is 12.6 Å². The highest BCUT2D eigenvalue weighted by Gasteiger charge is 2.10. The van der Waals surface area contributed by atoms with Crippen molar-refractivity contribution in [2.45, 2.75) is 13.3 Å². The third-order valence-electron chi connectivity index (χ3n) is 3.41. The molecule has 0 unspecified atom stereocenters. The SMILES string of the molecule is CCOc1ccc(NC(=O)Cc2csc(-c3cccc(F)c3)n2)cc1. The van der Waals surface area contributed by atoms with Crippen LogP contribution < -0.4 is 10.1 Å². The summed E-state index contributed by atoms with van der Waals surface area (Å²) in [5.74, 6) is 0.308. The van der Waals surface area contributed by atoms with E-state index in [0.29, 0.717) is 28.6 Å². The lowest BCUT2D eigenvalue weighted by molar-refractivity contribution is -0.115. The van der Waals surface area contributed by atoms with E-state index in [1.807, 2.05) is 24.4 Å². The summed E-state index contributed by atoms with van der Waals surface area (Å²) in [4.78, 5) is 16.6. The van der Waals surface area contributed by atoms with Crippen molar-refractivity contribution in [1.82, 2.24) is 4.98 Å². The van der Waals surface area contributed by atoms with E-state index in [-0.39, 0.29) is 18.1 Å². The number of thiazole rings is 1.